The van der Waals surface area contributed by atoms with Crippen molar-refractivity contribution in [2.45, 2.75) is 25.9 Å². The zero-order valence-corrected chi connectivity index (χ0v) is 11.3. The van der Waals surface area contributed by atoms with Crippen molar-refractivity contribution >= 4 is 11.6 Å². The highest BCUT2D eigenvalue weighted by molar-refractivity contribution is 5.99. The van der Waals surface area contributed by atoms with Crippen LogP contribution < -0.4 is 5.32 Å². The van der Waals surface area contributed by atoms with Crippen LogP contribution in [0.3, 0.4) is 0 Å². The molecule has 1 amide bonds. The van der Waals surface area contributed by atoms with Gasteiger partial charge in [0, 0.05) is 18.8 Å². The number of ether oxygens (including phenoxy) is 1. The fraction of sp³-hybridized carbons (Fsp3) is 0.533. The third-order valence-electron chi connectivity index (χ3n) is 3.86. The fourth-order valence-corrected chi connectivity index (χ4v) is 2.99. The lowest BCUT2D eigenvalue weighted by Crippen LogP contribution is -2.38. The van der Waals surface area contributed by atoms with Crippen LogP contribution in [-0.2, 0) is 16.0 Å². The van der Waals surface area contributed by atoms with E-state index < -0.39 is 0 Å². The highest BCUT2D eigenvalue weighted by Gasteiger charge is 2.28. The van der Waals surface area contributed by atoms with E-state index in [4.69, 9.17) is 4.74 Å². The summed E-state index contributed by atoms with van der Waals surface area (Å²) in [5.41, 5.74) is 3.26. The predicted molar refractivity (Wildman–Crippen MR) is 74.2 cm³/mol. The molecule has 0 bridgehead atoms. The monoisotopic (exact) mass is 260 g/mol. The first-order valence-electron chi connectivity index (χ1n) is 7.03. The molecule has 0 radical (unpaired) electrons. The number of anilines is 1. The molecule has 19 heavy (non-hydrogen) atoms. The highest BCUT2D eigenvalue weighted by Crippen LogP contribution is 2.33. The first-order chi connectivity index (χ1) is 9.28. The van der Waals surface area contributed by atoms with Crippen LogP contribution in [0.1, 0.15) is 30.6 Å². The van der Waals surface area contributed by atoms with Gasteiger partial charge in [-0.05, 0) is 30.2 Å². The molecule has 1 N–H and O–H groups in total. The Morgan fingerprint density at radius 2 is 2.37 bits per heavy atom. The summed E-state index contributed by atoms with van der Waals surface area (Å²) < 4.78 is 5.92. The highest BCUT2D eigenvalue weighted by atomic mass is 16.5. The number of nitrogens with zero attached hydrogens (tertiary/aromatic N) is 1. The Labute approximate surface area is 113 Å². The molecule has 1 aromatic rings. The maximum Gasteiger partial charge on any atom is 0.228 e. The minimum Gasteiger partial charge on any atom is -0.371 e. The molecule has 3 rings (SSSR count). The second-order valence-corrected chi connectivity index (χ2v) is 5.26. The molecule has 4 nitrogen and oxygen atoms in total. The van der Waals surface area contributed by atoms with Gasteiger partial charge in [-0.15, -0.1) is 0 Å². The molecule has 1 atom stereocenters. The van der Waals surface area contributed by atoms with E-state index in [1.54, 1.807) is 0 Å². The molecular weight excluding hydrogens is 240 g/mol. The van der Waals surface area contributed by atoms with Crippen molar-refractivity contribution in [1.82, 2.24) is 4.90 Å². The molecule has 102 valence electrons. The van der Waals surface area contributed by atoms with Gasteiger partial charge in [0.25, 0.3) is 0 Å². The number of carbonyl (C=O) groups is 1. The number of benzene rings is 1. The van der Waals surface area contributed by atoms with E-state index in [0.717, 1.165) is 37.5 Å². The van der Waals surface area contributed by atoms with Gasteiger partial charge < -0.3 is 10.1 Å². The van der Waals surface area contributed by atoms with Crippen LogP contribution in [0.15, 0.2) is 18.2 Å². The Kier molecular flexibility index (Phi) is 3.53. The maximum absolute atomic E-state index is 11.5. The Morgan fingerprint density at radius 3 is 3.21 bits per heavy atom. The van der Waals surface area contributed by atoms with Gasteiger partial charge in [0.2, 0.25) is 5.91 Å². The van der Waals surface area contributed by atoms with Gasteiger partial charge >= 0.3 is 0 Å². The Balaban J connectivity index is 1.83. The predicted octanol–water partition coefficient (Wildman–Crippen LogP) is 1.96. The number of rotatable bonds is 3. The van der Waals surface area contributed by atoms with Crippen molar-refractivity contribution in [3.63, 3.8) is 0 Å². The standard InChI is InChI=1S/C15H20N2O2/c1-2-6-17-7-8-19-14(10-17)11-4-3-5-13-12(11)9-15(18)16-13/h3-5,14H,2,6-10H2,1H3,(H,16,18)/t14-/m1/s1. The minimum atomic E-state index is 0.0867. The molecule has 1 saturated heterocycles. The fourth-order valence-electron chi connectivity index (χ4n) is 2.99. The van der Waals surface area contributed by atoms with Crippen molar-refractivity contribution < 1.29 is 9.53 Å². The quantitative estimate of drug-likeness (QED) is 0.903. The number of amides is 1. The summed E-state index contributed by atoms with van der Waals surface area (Å²) in [6.45, 7) is 6.03. The van der Waals surface area contributed by atoms with Crippen LogP contribution in [0, 0.1) is 0 Å². The average molecular weight is 260 g/mol. The second-order valence-electron chi connectivity index (χ2n) is 5.26. The van der Waals surface area contributed by atoms with Crippen molar-refractivity contribution in [2.24, 2.45) is 0 Å². The van der Waals surface area contributed by atoms with E-state index >= 15 is 0 Å². The molecule has 2 heterocycles. The summed E-state index contributed by atoms with van der Waals surface area (Å²) in [5, 5.41) is 2.91. The topological polar surface area (TPSA) is 41.6 Å². The van der Waals surface area contributed by atoms with Crippen LogP contribution >= 0.6 is 0 Å². The van der Waals surface area contributed by atoms with Crippen LogP contribution in [0.25, 0.3) is 0 Å². The molecule has 1 aromatic carbocycles. The van der Waals surface area contributed by atoms with Gasteiger partial charge in [0.1, 0.15) is 0 Å². The van der Waals surface area contributed by atoms with E-state index in [0.29, 0.717) is 6.42 Å². The summed E-state index contributed by atoms with van der Waals surface area (Å²) >= 11 is 0. The Morgan fingerprint density at radius 1 is 1.47 bits per heavy atom. The van der Waals surface area contributed by atoms with Gasteiger partial charge in [-0.3, -0.25) is 9.69 Å². The summed E-state index contributed by atoms with van der Waals surface area (Å²) in [6.07, 6.45) is 1.75. The molecule has 0 aliphatic carbocycles. The molecular formula is C15H20N2O2. The van der Waals surface area contributed by atoms with Crippen molar-refractivity contribution in [3.05, 3.63) is 29.3 Å². The summed E-state index contributed by atoms with van der Waals surface area (Å²) in [6, 6.07) is 6.07. The normalized spacial score (nSPS) is 23.2. The number of morpholine rings is 1. The van der Waals surface area contributed by atoms with Gasteiger partial charge in [0.05, 0.1) is 19.1 Å². The first-order valence-corrected chi connectivity index (χ1v) is 7.03. The molecule has 0 unspecified atom stereocenters. The number of nitrogens with one attached hydrogen (secondary N) is 1. The molecule has 1 fully saturated rings. The van der Waals surface area contributed by atoms with E-state index in [1.807, 2.05) is 12.1 Å². The van der Waals surface area contributed by atoms with Gasteiger partial charge in [-0.25, -0.2) is 0 Å². The van der Waals surface area contributed by atoms with Crippen molar-refractivity contribution in [2.75, 3.05) is 31.6 Å². The SMILES string of the molecule is CCCN1CCO[C@@H](c2cccc3c2CC(=O)N3)C1. The molecule has 2 aliphatic rings. The summed E-state index contributed by atoms with van der Waals surface area (Å²) in [7, 11) is 0. The minimum absolute atomic E-state index is 0.0867. The van der Waals surface area contributed by atoms with Crippen molar-refractivity contribution in [3.8, 4) is 0 Å². The Bertz CT molecular complexity index is 485. The zero-order chi connectivity index (χ0) is 13.2. The summed E-state index contributed by atoms with van der Waals surface area (Å²) in [4.78, 5) is 14.0. The number of hydrogen-bond donors (Lipinski definition) is 1. The van der Waals surface area contributed by atoms with E-state index in [-0.39, 0.29) is 12.0 Å². The molecule has 0 aromatic heterocycles. The first kappa shape index (κ1) is 12.6. The zero-order valence-electron chi connectivity index (χ0n) is 11.3. The maximum atomic E-state index is 11.5. The lowest BCUT2D eigenvalue weighted by molar-refractivity contribution is -0.115. The molecule has 4 heteroatoms. The number of fused-ring (bicyclic) bond motifs is 1. The van der Waals surface area contributed by atoms with Gasteiger partial charge in [-0.1, -0.05) is 19.1 Å². The Hall–Kier alpha value is -1.39. The second kappa shape index (κ2) is 5.31. The lowest BCUT2D eigenvalue weighted by atomic mass is 9.99. The largest absolute Gasteiger partial charge is 0.371 e. The van der Waals surface area contributed by atoms with E-state index in [2.05, 4.69) is 23.2 Å². The van der Waals surface area contributed by atoms with Crippen LogP contribution in [-0.4, -0.2) is 37.0 Å². The number of carbonyl (C=O) groups excluding carboxylic acids is 1. The van der Waals surface area contributed by atoms with E-state index in [9.17, 15) is 4.79 Å². The molecule has 0 saturated carbocycles. The molecule has 0 spiro atoms. The van der Waals surface area contributed by atoms with Gasteiger partial charge in [-0.2, -0.15) is 0 Å². The van der Waals surface area contributed by atoms with Crippen LogP contribution in [0.5, 0.6) is 0 Å². The number of hydrogen-bond acceptors (Lipinski definition) is 3. The van der Waals surface area contributed by atoms with Crippen molar-refractivity contribution in [1.29, 1.82) is 0 Å². The van der Waals surface area contributed by atoms with Gasteiger partial charge in [0.15, 0.2) is 0 Å². The van der Waals surface area contributed by atoms with Crippen LogP contribution in [0.2, 0.25) is 0 Å². The third-order valence-corrected chi connectivity index (χ3v) is 3.86. The summed E-state index contributed by atoms with van der Waals surface area (Å²) in [5.74, 6) is 0.0867. The average Bonchev–Trinajstić information content (AvgIpc) is 2.79. The molecule has 2 aliphatic heterocycles. The van der Waals surface area contributed by atoms with E-state index in [1.165, 1.54) is 12.0 Å². The van der Waals surface area contributed by atoms with Crippen LogP contribution in [0.4, 0.5) is 5.69 Å². The third kappa shape index (κ3) is 2.51. The lowest BCUT2D eigenvalue weighted by Gasteiger charge is -2.33. The smallest absolute Gasteiger partial charge is 0.228 e.